The number of nitrogens with one attached hydrogen (secondary N) is 1. The van der Waals surface area contributed by atoms with Crippen LogP contribution in [0.1, 0.15) is 20.3 Å². The maximum absolute atomic E-state index is 11.8. The van der Waals surface area contributed by atoms with Crippen molar-refractivity contribution in [3.63, 3.8) is 0 Å². The van der Waals surface area contributed by atoms with Gasteiger partial charge in [-0.25, -0.2) is 0 Å². The lowest BCUT2D eigenvalue weighted by Crippen LogP contribution is -2.41. The van der Waals surface area contributed by atoms with Crippen LogP contribution in [0.25, 0.3) is 0 Å². The molecular weight excluding hydrogens is 252 g/mol. The Hall–Kier alpha value is -0.720. The minimum absolute atomic E-state index is 0.102. The highest BCUT2D eigenvalue weighted by molar-refractivity contribution is 7.80. The minimum Gasteiger partial charge on any atom is -0.393 e. The molecule has 0 heterocycles. The van der Waals surface area contributed by atoms with Crippen LogP contribution in [-0.4, -0.2) is 44.4 Å². The number of thiocarbonyl (C=S) groups is 1. The summed E-state index contributed by atoms with van der Waals surface area (Å²) in [6.07, 6.45) is 0.762. The highest BCUT2D eigenvalue weighted by Gasteiger charge is 2.24. The Balaban J connectivity index is 3.72. The van der Waals surface area contributed by atoms with E-state index >= 15 is 0 Å². The van der Waals surface area contributed by atoms with E-state index in [1.165, 1.54) is 0 Å². The van der Waals surface area contributed by atoms with Crippen LogP contribution in [0.3, 0.4) is 0 Å². The summed E-state index contributed by atoms with van der Waals surface area (Å²) in [5.41, 5.74) is 5.56. The number of ether oxygens (including phenoxy) is 2. The molecule has 0 aromatic carbocycles. The van der Waals surface area contributed by atoms with E-state index in [2.05, 4.69) is 5.32 Å². The van der Waals surface area contributed by atoms with Crippen LogP contribution in [0.2, 0.25) is 0 Å². The molecule has 1 unspecified atom stereocenters. The van der Waals surface area contributed by atoms with Crippen molar-refractivity contribution in [2.24, 2.45) is 17.6 Å². The first-order chi connectivity index (χ1) is 8.50. The van der Waals surface area contributed by atoms with Crippen LogP contribution in [0, 0.1) is 11.8 Å². The molecule has 0 saturated carbocycles. The van der Waals surface area contributed by atoms with Crippen LogP contribution in [-0.2, 0) is 14.3 Å². The van der Waals surface area contributed by atoms with Crippen molar-refractivity contribution in [3.05, 3.63) is 0 Å². The van der Waals surface area contributed by atoms with Crippen LogP contribution < -0.4 is 11.1 Å². The summed E-state index contributed by atoms with van der Waals surface area (Å²) in [7, 11) is 1.63. The first-order valence-electron chi connectivity index (χ1n) is 6.14. The van der Waals surface area contributed by atoms with E-state index in [0.29, 0.717) is 26.4 Å². The summed E-state index contributed by atoms with van der Waals surface area (Å²) >= 11 is 4.90. The summed E-state index contributed by atoms with van der Waals surface area (Å²) in [6.45, 7) is 6.18. The summed E-state index contributed by atoms with van der Waals surface area (Å²) < 4.78 is 10.1. The van der Waals surface area contributed by atoms with E-state index in [-0.39, 0.29) is 16.8 Å². The largest absolute Gasteiger partial charge is 0.393 e. The van der Waals surface area contributed by atoms with Gasteiger partial charge in [-0.1, -0.05) is 26.1 Å². The monoisotopic (exact) mass is 276 g/mol. The number of amides is 1. The van der Waals surface area contributed by atoms with Crippen LogP contribution in [0.4, 0.5) is 0 Å². The van der Waals surface area contributed by atoms with E-state index < -0.39 is 5.92 Å². The van der Waals surface area contributed by atoms with Gasteiger partial charge in [0.05, 0.1) is 24.1 Å². The molecule has 18 heavy (non-hydrogen) atoms. The van der Waals surface area contributed by atoms with Crippen molar-refractivity contribution < 1.29 is 14.3 Å². The molecule has 6 heteroatoms. The Morgan fingerprint density at radius 2 is 2.00 bits per heavy atom. The Morgan fingerprint density at radius 3 is 2.50 bits per heavy atom. The van der Waals surface area contributed by atoms with Crippen molar-refractivity contribution in [2.75, 3.05) is 33.5 Å². The van der Waals surface area contributed by atoms with E-state index in [4.69, 9.17) is 27.4 Å². The second-order valence-electron chi connectivity index (χ2n) is 4.37. The van der Waals surface area contributed by atoms with Gasteiger partial charge in [0.2, 0.25) is 5.91 Å². The zero-order chi connectivity index (χ0) is 14.0. The Morgan fingerprint density at radius 1 is 1.33 bits per heavy atom. The van der Waals surface area contributed by atoms with Crippen molar-refractivity contribution in [2.45, 2.75) is 20.3 Å². The molecule has 0 fully saturated rings. The second-order valence-corrected chi connectivity index (χ2v) is 4.85. The van der Waals surface area contributed by atoms with E-state index in [0.717, 1.165) is 6.42 Å². The number of carbonyl (C=O) groups excluding carboxylic acids is 1. The van der Waals surface area contributed by atoms with E-state index in [1.807, 2.05) is 13.8 Å². The maximum atomic E-state index is 11.8. The van der Waals surface area contributed by atoms with Gasteiger partial charge >= 0.3 is 0 Å². The molecule has 0 aliphatic rings. The van der Waals surface area contributed by atoms with Gasteiger partial charge < -0.3 is 20.5 Å². The van der Waals surface area contributed by atoms with Gasteiger partial charge in [-0.2, -0.15) is 0 Å². The second kappa shape index (κ2) is 10.2. The van der Waals surface area contributed by atoms with Crippen molar-refractivity contribution in [1.82, 2.24) is 5.32 Å². The molecule has 5 nitrogen and oxygen atoms in total. The molecule has 1 amide bonds. The normalized spacial score (nSPS) is 12.4. The van der Waals surface area contributed by atoms with Crippen molar-refractivity contribution in [3.8, 4) is 0 Å². The molecule has 0 aliphatic heterocycles. The molecular formula is C12H24N2O3S. The smallest absolute Gasteiger partial charge is 0.230 e. The van der Waals surface area contributed by atoms with Gasteiger partial charge in [0.25, 0.3) is 0 Å². The van der Waals surface area contributed by atoms with Crippen LogP contribution in [0.15, 0.2) is 0 Å². The van der Waals surface area contributed by atoms with E-state index in [1.54, 1.807) is 7.11 Å². The average Bonchev–Trinajstić information content (AvgIpc) is 2.26. The predicted molar refractivity (Wildman–Crippen MR) is 75.4 cm³/mol. The molecule has 0 aromatic heterocycles. The molecule has 0 saturated heterocycles. The zero-order valence-electron chi connectivity index (χ0n) is 11.4. The van der Waals surface area contributed by atoms with Gasteiger partial charge in [0.15, 0.2) is 0 Å². The maximum Gasteiger partial charge on any atom is 0.230 e. The Kier molecular flexibility index (Phi) is 9.82. The molecule has 0 aromatic rings. The first kappa shape index (κ1) is 17.3. The Labute approximate surface area is 114 Å². The lowest BCUT2D eigenvalue weighted by Gasteiger charge is -2.18. The summed E-state index contributed by atoms with van der Waals surface area (Å²) in [6, 6.07) is 0. The number of hydrogen-bond acceptors (Lipinski definition) is 4. The standard InChI is InChI=1S/C12H24N2O3S/c1-9(2)10(11(13)18)12(15)14-5-4-6-17-8-7-16-3/h9-10H,4-8H2,1-3H3,(H2,13,18)(H,14,15). The van der Waals surface area contributed by atoms with E-state index in [9.17, 15) is 4.79 Å². The average molecular weight is 276 g/mol. The molecule has 0 rings (SSSR count). The topological polar surface area (TPSA) is 73.6 Å². The fourth-order valence-corrected chi connectivity index (χ4v) is 1.88. The molecule has 3 N–H and O–H groups in total. The fourth-order valence-electron chi connectivity index (χ4n) is 1.50. The SMILES string of the molecule is COCCOCCCNC(=O)C(C(N)=S)C(C)C. The fraction of sp³-hybridized carbons (Fsp3) is 0.833. The van der Waals surface area contributed by atoms with Gasteiger partial charge in [0, 0.05) is 20.3 Å². The molecule has 0 radical (unpaired) electrons. The van der Waals surface area contributed by atoms with Crippen LogP contribution >= 0.6 is 12.2 Å². The number of methoxy groups -OCH3 is 1. The minimum atomic E-state index is -0.394. The third-order valence-electron chi connectivity index (χ3n) is 2.45. The molecule has 1 atom stereocenters. The highest BCUT2D eigenvalue weighted by Crippen LogP contribution is 2.11. The number of carbonyl (C=O) groups is 1. The summed E-state index contributed by atoms with van der Waals surface area (Å²) in [5, 5.41) is 2.82. The molecule has 0 bridgehead atoms. The summed E-state index contributed by atoms with van der Waals surface area (Å²) in [5.74, 6) is -0.385. The molecule has 0 aliphatic carbocycles. The van der Waals surface area contributed by atoms with Crippen molar-refractivity contribution in [1.29, 1.82) is 0 Å². The molecule has 0 spiro atoms. The van der Waals surface area contributed by atoms with Gasteiger partial charge in [-0.05, 0) is 12.3 Å². The predicted octanol–water partition coefficient (Wildman–Crippen LogP) is 0.714. The quantitative estimate of drug-likeness (QED) is 0.454. The number of hydrogen-bond donors (Lipinski definition) is 2. The third kappa shape index (κ3) is 7.58. The number of rotatable bonds is 10. The first-order valence-corrected chi connectivity index (χ1v) is 6.55. The third-order valence-corrected chi connectivity index (χ3v) is 2.71. The molecule has 106 valence electrons. The van der Waals surface area contributed by atoms with Gasteiger partial charge in [-0.3, -0.25) is 4.79 Å². The highest BCUT2D eigenvalue weighted by atomic mass is 32.1. The summed E-state index contributed by atoms with van der Waals surface area (Å²) in [4.78, 5) is 12.1. The van der Waals surface area contributed by atoms with Gasteiger partial charge in [0.1, 0.15) is 0 Å². The lowest BCUT2D eigenvalue weighted by molar-refractivity contribution is -0.124. The van der Waals surface area contributed by atoms with Crippen LogP contribution in [0.5, 0.6) is 0 Å². The zero-order valence-corrected chi connectivity index (χ0v) is 12.2. The lowest BCUT2D eigenvalue weighted by atomic mass is 9.95. The Bertz CT molecular complexity index is 260. The van der Waals surface area contributed by atoms with Gasteiger partial charge in [-0.15, -0.1) is 0 Å². The van der Waals surface area contributed by atoms with Crippen molar-refractivity contribution >= 4 is 23.1 Å². The number of nitrogens with two attached hydrogens (primary N) is 1.